The van der Waals surface area contributed by atoms with Gasteiger partial charge in [0.25, 0.3) is 5.69 Å². The average Bonchev–Trinajstić information content (AvgIpc) is 3.48. The molecular formula is C28H22N2O8. The van der Waals surface area contributed by atoms with Crippen LogP contribution < -0.4 is 4.90 Å². The van der Waals surface area contributed by atoms with Crippen LogP contribution in [0.5, 0.6) is 0 Å². The molecule has 2 heterocycles. The number of hydrogen-bond acceptors (Lipinski definition) is 8. The molecule has 10 heteroatoms. The number of hydrogen-bond donors (Lipinski definition) is 1. The Morgan fingerprint density at radius 3 is 2.45 bits per heavy atom. The van der Waals surface area contributed by atoms with E-state index < -0.39 is 40.4 Å². The van der Waals surface area contributed by atoms with Gasteiger partial charge in [-0.1, -0.05) is 11.6 Å². The first-order chi connectivity index (χ1) is 18.2. The van der Waals surface area contributed by atoms with Crippen LogP contribution in [-0.4, -0.2) is 33.4 Å². The molecule has 4 unspecified atom stereocenters. The number of allylic oxidation sites excluding steroid dienone is 6. The molecule has 1 saturated heterocycles. The van der Waals surface area contributed by atoms with Gasteiger partial charge in [-0.2, -0.15) is 0 Å². The number of carbonyl (C=O) groups is 4. The van der Waals surface area contributed by atoms with Crippen LogP contribution in [0.1, 0.15) is 37.2 Å². The number of benzene rings is 1. The van der Waals surface area contributed by atoms with Crippen LogP contribution in [0, 0.1) is 27.9 Å². The topological polar surface area (TPSA) is 148 Å². The Bertz CT molecular complexity index is 1540. The number of anilines is 1. The smallest absolute Gasteiger partial charge is 0.269 e. The number of furan rings is 1. The Labute approximate surface area is 216 Å². The summed E-state index contributed by atoms with van der Waals surface area (Å²) in [6, 6.07) is 8.49. The summed E-state index contributed by atoms with van der Waals surface area (Å²) < 4.78 is 5.83. The molecule has 38 heavy (non-hydrogen) atoms. The maximum absolute atomic E-state index is 13.8. The highest BCUT2D eigenvalue weighted by Crippen LogP contribution is 2.55. The lowest BCUT2D eigenvalue weighted by Crippen LogP contribution is -2.39. The van der Waals surface area contributed by atoms with Crippen molar-refractivity contribution in [2.75, 3.05) is 4.90 Å². The molecule has 6 rings (SSSR count). The summed E-state index contributed by atoms with van der Waals surface area (Å²) in [6.07, 6.45) is 3.58. The zero-order valence-electron chi connectivity index (χ0n) is 20.2. The summed E-state index contributed by atoms with van der Waals surface area (Å²) in [4.78, 5) is 65.2. The lowest BCUT2D eigenvalue weighted by molar-refractivity contribution is -0.384. The third-order valence-electron chi connectivity index (χ3n) is 8.00. The molecule has 0 spiro atoms. The van der Waals surface area contributed by atoms with Gasteiger partial charge >= 0.3 is 0 Å². The molecule has 1 aromatic heterocycles. The number of Topliss-reactive ketones (excluding diaryl/α,β-unsaturated/α-hetero) is 1. The Kier molecular flexibility index (Phi) is 5.39. The molecule has 4 atom stereocenters. The van der Waals surface area contributed by atoms with Gasteiger partial charge in [0.05, 0.1) is 28.4 Å². The number of carbonyl (C=O) groups excluding carboxylic acids is 4. The molecule has 2 amide bonds. The predicted octanol–water partition coefficient (Wildman–Crippen LogP) is 3.31. The fraction of sp³-hybridized carbons (Fsp3) is 0.286. The second-order valence-corrected chi connectivity index (χ2v) is 9.98. The van der Waals surface area contributed by atoms with E-state index in [9.17, 15) is 34.4 Å². The Balaban J connectivity index is 1.44. The number of fused-ring (bicyclic) bond motifs is 3. The van der Waals surface area contributed by atoms with Crippen LogP contribution in [0.2, 0.25) is 0 Å². The molecule has 1 N–H and O–H groups in total. The minimum absolute atomic E-state index is 0.134. The number of nitro benzene ring substituents is 1. The van der Waals surface area contributed by atoms with Crippen LogP contribution in [0.4, 0.5) is 11.4 Å². The summed E-state index contributed by atoms with van der Waals surface area (Å²) >= 11 is 0. The Morgan fingerprint density at radius 2 is 1.79 bits per heavy atom. The van der Waals surface area contributed by atoms with Gasteiger partial charge < -0.3 is 9.52 Å². The third kappa shape index (κ3) is 3.37. The molecule has 1 aromatic carbocycles. The molecule has 1 aliphatic heterocycles. The van der Waals surface area contributed by atoms with Crippen molar-refractivity contribution in [3.05, 3.63) is 92.5 Å². The van der Waals surface area contributed by atoms with Gasteiger partial charge in [0.1, 0.15) is 18.1 Å². The van der Waals surface area contributed by atoms with Gasteiger partial charge in [-0.3, -0.25) is 34.2 Å². The minimum Gasteiger partial charge on any atom is -0.463 e. The van der Waals surface area contributed by atoms with Crippen molar-refractivity contribution in [3.63, 3.8) is 0 Å². The second-order valence-electron chi connectivity index (χ2n) is 9.98. The molecule has 3 aliphatic carbocycles. The quantitative estimate of drug-likeness (QED) is 0.215. The van der Waals surface area contributed by atoms with E-state index in [4.69, 9.17) is 4.42 Å². The van der Waals surface area contributed by atoms with Gasteiger partial charge in [0.15, 0.2) is 11.6 Å². The average molecular weight is 514 g/mol. The van der Waals surface area contributed by atoms with Crippen LogP contribution in [0.15, 0.2) is 75.3 Å². The van der Waals surface area contributed by atoms with E-state index in [1.54, 1.807) is 19.1 Å². The van der Waals surface area contributed by atoms with E-state index in [-0.39, 0.29) is 42.4 Å². The van der Waals surface area contributed by atoms with Crippen molar-refractivity contribution in [3.8, 4) is 0 Å². The highest BCUT2D eigenvalue weighted by atomic mass is 16.6. The van der Waals surface area contributed by atoms with E-state index in [0.717, 1.165) is 10.5 Å². The van der Waals surface area contributed by atoms with Gasteiger partial charge in [0.2, 0.25) is 11.8 Å². The fourth-order valence-corrected chi connectivity index (χ4v) is 6.32. The highest BCUT2D eigenvalue weighted by molar-refractivity contribution is 6.25. The van der Waals surface area contributed by atoms with Crippen LogP contribution >= 0.6 is 0 Å². The number of non-ortho nitro benzene ring substituents is 1. The van der Waals surface area contributed by atoms with Crippen molar-refractivity contribution in [1.82, 2.24) is 0 Å². The third-order valence-corrected chi connectivity index (χ3v) is 8.00. The molecule has 0 bridgehead atoms. The summed E-state index contributed by atoms with van der Waals surface area (Å²) in [5.41, 5.74) is 1.76. The van der Waals surface area contributed by atoms with E-state index in [0.29, 0.717) is 28.2 Å². The lowest BCUT2D eigenvalue weighted by atomic mass is 9.60. The number of imide groups is 1. The van der Waals surface area contributed by atoms with Gasteiger partial charge in [-0.05, 0) is 56.0 Å². The van der Waals surface area contributed by atoms with Gasteiger partial charge in [0, 0.05) is 28.9 Å². The van der Waals surface area contributed by atoms with E-state index in [1.165, 1.54) is 30.3 Å². The van der Waals surface area contributed by atoms with Crippen molar-refractivity contribution < 1.29 is 33.6 Å². The first-order valence-electron chi connectivity index (χ1n) is 12.2. The van der Waals surface area contributed by atoms with E-state index >= 15 is 0 Å². The summed E-state index contributed by atoms with van der Waals surface area (Å²) in [6.45, 7) is 1.24. The summed E-state index contributed by atoms with van der Waals surface area (Å²) in [5.74, 6) is -3.40. The number of amides is 2. The monoisotopic (exact) mass is 514 g/mol. The minimum atomic E-state index is -0.768. The normalized spacial score (nSPS) is 26.6. The molecule has 4 aliphatic rings. The molecule has 0 radical (unpaired) electrons. The highest BCUT2D eigenvalue weighted by Gasteiger charge is 2.57. The zero-order chi connectivity index (χ0) is 26.9. The second kappa shape index (κ2) is 8.56. The largest absolute Gasteiger partial charge is 0.463 e. The summed E-state index contributed by atoms with van der Waals surface area (Å²) in [7, 11) is 0. The SMILES string of the molecule is CC1=CC(=O)C2=C(CC3C(=CCC4C(=O)N(c5ccc([N+](=O)[O-])cc5)C(=O)C43)C2c2ccc(CO)o2)C1=O. The van der Waals surface area contributed by atoms with Crippen LogP contribution in [0.3, 0.4) is 0 Å². The predicted molar refractivity (Wildman–Crippen MR) is 132 cm³/mol. The maximum Gasteiger partial charge on any atom is 0.269 e. The fourth-order valence-electron chi connectivity index (χ4n) is 6.32. The number of rotatable bonds is 4. The first-order valence-corrected chi connectivity index (χ1v) is 12.2. The number of aliphatic hydroxyl groups excluding tert-OH is 1. The standard InChI is InChI=1S/C28H22N2O8/c1-13-10-21(32)24-20(26(13)33)11-19-17(25(24)22-9-6-16(12-31)38-22)7-8-18-23(19)28(35)29(27(18)34)14-2-4-15(5-3-14)30(36)37/h2-7,9-10,18-19,23,25,31H,8,11-12H2,1H3. The molecular weight excluding hydrogens is 492 g/mol. The number of nitro groups is 1. The molecule has 192 valence electrons. The Morgan fingerprint density at radius 1 is 1.05 bits per heavy atom. The van der Waals surface area contributed by atoms with Crippen LogP contribution in [0.25, 0.3) is 0 Å². The zero-order valence-corrected chi connectivity index (χ0v) is 20.2. The molecule has 2 aromatic rings. The van der Waals surface area contributed by atoms with Crippen molar-refractivity contribution in [2.24, 2.45) is 17.8 Å². The number of ketones is 2. The molecule has 0 saturated carbocycles. The van der Waals surface area contributed by atoms with Crippen molar-refractivity contribution in [2.45, 2.75) is 32.3 Å². The first kappa shape index (κ1) is 23.9. The van der Waals surface area contributed by atoms with Crippen molar-refractivity contribution in [1.29, 1.82) is 0 Å². The van der Waals surface area contributed by atoms with E-state index in [1.807, 2.05) is 6.08 Å². The Hall–Kier alpha value is -4.44. The number of aliphatic hydroxyl groups is 1. The lowest BCUT2D eigenvalue weighted by Gasteiger charge is -2.41. The summed E-state index contributed by atoms with van der Waals surface area (Å²) in [5, 5.41) is 20.6. The van der Waals surface area contributed by atoms with Gasteiger partial charge in [-0.15, -0.1) is 0 Å². The maximum atomic E-state index is 13.8. The van der Waals surface area contributed by atoms with Crippen LogP contribution in [-0.2, 0) is 25.8 Å². The molecule has 1 fully saturated rings. The molecule has 10 nitrogen and oxygen atoms in total. The van der Waals surface area contributed by atoms with E-state index in [2.05, 4.69) is 0 Å². The van der Waals surface area contributed by atoms with Crippen molar-refractivity contribution >= 4 is 34.8 Å². The number of nitrogens with zero attached hydrogens (tertiary/aromatic N) is 2. The van der Waals surface area contributed by atoms with Gasteiger partial charge in [-0.25, -0.2) is 0 Å².